The summed E-state index contributed by atoms with van der Waals surface area (Å²) < 4.78 is 11.0. The summed E-state index contributed by atoms with van der Waals surface area (Å²) in [5.41, 5.74) is 1.48. The molecule has 4 N–H and O–H groups in total. The van der Waals surface area contributed by atoms with Crippen molar-refractivity contribution in [2.75, 3.05) is 0 Å². The molecule has 1 aromatic rings. The zero-order valence-corrected chi connectivity index (χ0v) is 12.3. The highest BCUT2D eigenvalue weighted by atomic mass is 16.7. The van der Waals surface area contributed by atoms with Gasteiger partial charge in [0.25, 0.3) is 0 Å². The number of benzene rings is 1. The second-order valence-corrected chi connectivity index (χ2v) is 5.51. The van der Waals surface area contributed by atoms with E-state index in [1.165, 1.54) is 0 Å². The van der Waals surface area contributed by atoms with Gasteiger partial charge in [-0.25, -0.2) is 0 Å². The van der Waals surface area contributed by atoms with Crippen LogP contribution < -0.4 is 0 Å². The minimum atomic E-state index is -1.34. The third-order valence-electron chi connectivity index (χ3n) is 3.85. The average Bonchev–Trinajstić information content (AvgIpc) is 2.45. The molecule has 0 aromatic heterocycles. The molecule has 6 atom stereocenters. The summed E-state index contributed by atoms with van der Waals surface area (Å²) in [6, 6.07) is 5.16. The molecule has 0 amide bonds. The van der Waals surface area contributed by atoms with E-state index < -0.39 is 36.8 Å². The van der Waals surface area contributed by atoms with E-state index in [-0.39, 0.29) is 5.75 Å². The lowest BCUT2D eigenvalue weighted by Crippen LogP contribution is -2.57. The number of aromatic hydroxyl groups is 1. The fourth-order valence-electron chi connectivity index (χ4n) is 2.28. The molecule has 0 unspecified atom stereocenters. The fraction of sp³-hybridized carbons (Fsp3) is 0.600. The van der Waals surface area contributed by atoms with Gasteiger partial charge in [-0.1, -0.05) is 12.1 Å². The van der Waals surface area contributed by atoms with Crippen LogP contribution in [0.4, 0.5) is 0 Å². The van der Waals surface area contributed by atoms with Crippen LogP contribution in [0, 0.1) is 6.92 Å². The van der Waals surface area contributed by atoms with Crippen LogP contribution in [0.1, 0.15) is 31.1 Å². The Morgan fingerprint density at radius 3 is 2.43 bits per heavy atom. The lowest BCUT2D eigenvalue weighted by atomic mass is 10.00. The molecular weight excluding hydrogens is 276 g/mol. The summed E-state index contributed by atoms with van der Waals surface area (Å²) in [7, 11) is 0. The maximum absolute atomic E-state index is 9.91. The first-order chi connectivity index (χ1) is 9.81. The minimum absolute atomic E-state index is 0.164. The topological polar surface area (TPSA) is 99.4 Å². The molecule has 0 bridgehead atoms. The predicted octanol–water partition coefficient (Wildman–Crippen LogP) is 0.606. The lowest BCUT2D eigenvalue weighted by molar-refractivity contribution is -0.303. The van der Waals surface area contributed by atoms with Crippen LogP contribution in [0.5, 0.6) is 5.75 Å². The number of phenols is 1. The van der Waals surface area contributed by atoms with E-state index in [1.54, 1.807) is 32.9 Å². The lowest BCUT2D eigenvalue weighted by Gasteiger charge is -2.39. The first-order valence-corrected chi connectivity index (χ1v) is 6.96. The Labute approximate surface area is 123 Å². The van der Waals surface area contributed by atoms with Crippen molar-refractivity contribution in [3.8, 4) is 5.75 Å². The first-order valence-electron chi connectivity index (χ1n) is 6.96. The molecule has 0 saturated carbocycles. The van der Waals surface area contributed by atoms with Crippen molar-refractivity contribution >= 4 is 0 Å². The Balaban J connectivity index is 2.08. The second kappa shape index (κ2) is 6.29. The Morgan fingerprint density at radius 1 is 1.14 bits per heavy atom. The molecule has 118 valence electrons. The number of aliphatic hydroxyl groups is 3. The summed E-state index contributed by atoms with van der Waals surface area (Å²) >= 11 is 0. The Kier molecular flexibility index (Phi) is 4.85. The van der Waals surface area contributed by atoms with Crippen molar-refractivity contribution in [3.63, 3.8) is 0 Å². The van der Waals surface area contributed by atoms with E-state index in [4.69, 9.17) is 9.47 Å². The summed E-state index contributed by atoms with van der Waals surface area (Å²) in [6.45, 7) is 5.14. The van der Waals surface area contributed by atoms with Crippen LogP contribution in [0.25, 0.3) is 0 Å². The van der Waals surface area contributed by atoms with Gasteiger partial charge in [0.2, 0.25) is 0 Å². The summed E-state index contributed by atoms with van der Waals surface area (Å²) in [4.78, 5) is 0. The van der Waals surface area contributed by atoms with Gasteiger partial charge in [0.15, 0.2) is 6.29 Å². The van der Waals surface area contributed by atoms with E-state index in [0.29, 0.717) is 0 Å². The van der Waals surface area contributed by atoms with Gasteiger partial charge in [-0.05, 0) is 38.0 Å². The van der Waals surface area contributed by atoms with Crippen molar-refractivity contribution < 1.29 is 29.9 Å². The van der Waals surface area contributed by atoms with Crippen LogP contribution in [0.2, 0.25) is 0 Å². The van der Waals surface area contributed by atoms with Gasteiger partial charge in [0.05, 0.1) is 12.2 Å². The number of hydrogen-bond acceptors (Lipinski definition) is 6. The van der Waals surface area contributed by atoms with E-state index in [0.717, 1.165) is 11.1 Å². The number of aliphatic hydroxyl groups excluding tert-OH is 3. The predicted molar refractivity (Wildman–Crippen MR) is 74.7 cm³/mol. The quantitative estimate of drug-likeness (QED) is 0.652. The van der Waals surface area contributed by atoms with Crippen LogP contribution >= 0.6 is 0 Å². The molecule has 2 rings (SSSR count). The van der Waals surface area contributed by atoms with Gasteiger partial charge in [-0.2, -0.15) is 0 Å². The number of phenolic OH excluding ortho intramolecular Hbond substituents is 1. The molecule has 0 aliphatic carbocycles. The monoisotopic (exact) mass is 298 g/mol. The molecule has 1 heterocycles. The molecule has 6 nitrogen and oxygen atoms in total. The van der Waals surface area contributed by atoms with Crippen molar-refractivity contribution in [1.29, 1.82) is 0 Å². The molecule has 1 aromatic carbocycles. The molecule has 1 aliphatic heterocycles. The fourth-order valence-corrected chi connectivity index (χ4v) is 2.28. The van der Waals surface area contributed by atoms with Gasteiger partial charge in [0, 0.05) is 0 Å². The van der Waals surface area contributed by atoms with Gasteiger partial charge >= 0.3 is 0 Å². The zero-order chi connectivity index (χ0) is 15.7. The van der Waals surface area contributed by atoms with E-state index in [9.17, 15) is 20.4 Å². The molecule has 0 spiro atoms. The van der Waals surface area contributed by atoms with E-state index in [2.05, 4.69) is 0 Å². The zero-order valence-electron chi connectivity index (χ0n) is 12.3. The van der Waals surface area contributed by atoms with Gasteiger partial charge in [-0.3, -0.25) is 0 Å². The highest BCUT2D eigenvalue weighted by Gasteiger charge is 2.43. The van der Waals surface area contributed by atoms with E-state index >= 15 is 0 Å². The Morgan fingerprint density at radius 2 is 1.81 bits per heavy atom. The Hall–Kier alpha value is -1.18. The number of ether oxygens (including phenoxy) is 2. The molecular formula is C15H22O6. The molecule has 6 heteroatoms. The second-order valence-electron chi connectivity index (χ2n) is 5.51. The Bertz CT molecular complexity index is 491. The van der Waals surface area contributed by atoms with Gasteiger partial charge in [0.1, 0.15) is 24.1 Å². The molecule has 1 aliphatic rings. The maximum atomic E-state index is 9.91. The molecule has 21 heavy (non-hydrogen) atoms. The summed E-state index contributed by atoms with van der Waals surface area (Å²) in [5, 5.41) is 39.0. The van der Waals surface area contributed by atoms with Crippen molar-refractivity contribution in [2.45, 2.75) is 57.6 Å². The van der Waals surface area contributed by atoms with Crippen LogP contribution in [-0.2, 0) is 9.47 Å². The summed E-state index contributed by atoms with van der Waals surface area (Å²) in [5.74, 6) is 0.164. The standard InChI is InChI=1S/C15H22O6/c1-7-4-5-10(6-11(7)16)8(2)20-15-14(19)13(18)12(17)9(3)21-15/h4-6,8-9,12-19H,1-3H3/t8-,9+,12+,13-,14-,15-/m1/s1. The van der Waals surface area contributed by atoms with Crippen LogP contribution in [0.15, 0.2) is 18.2 Å². The van der Waals surface area contributed by atoms with Gasteiger partial charge in [-0.15, -0.1) is 0 Å². The van der Waals surface area contributed by atoms with Crippen LogP contribution in [0.3, 0.4) is 0 Å². The highest BCUT2D eigenvalue weighted by molar-refractivity contribution is 5.36. The third-order valence-corrected chi connectivity index (χ3v) is 3.85. The first kappa shape index (κ1) is 16.2. The maximum Gasteiger partial charge on any atom is 0.187 e. The number of hydrogen-bond donors (Lipinski definition) is 4. The van der Waals surface area contributed by atoms with Crippen LogP contribution in [-0.4, -0.2) is 51.1 Å². The third kappa shape index (κ3) is 3.36. The van der Waals surface area contributed by atoms with Crippen molar-refractivity contribution in [3.05, 3.63) is 29.3 Å². The normalized spacial score (nSPS) is 34.7. The number of aryl methyl sites for hydroxylation is 1. The van der Waals surface area contributed by atoms with Crippen molar-refractivity contribution in [1.82, 2.24) is 0 Å². The SMILES string of the molecule is Cc1ccc([C@@H](C)O[C@@H]2O[C@@H](C)[C@H](O)[C@@H](O)[C@H]2O)cc1O. The molecule has 0 radical (unpaired) electrons. The molecule has 1 saturated heterocycles. The number of rotatable bonds is 3. The smallest absolute Gasteiger partial charge is 0.187 e. The average molecular weight is 298 g/mol. The summed E-state index contributed by atoms with van der Waals surface area (Å²) in [6.07, 6.45) is -5.96. The van der Waals surface area contributed by atoms with Crippen molar-refractivity contribution in [2.24, 2.45) is 0 Å². The van der Waals surface area contributed by atoms with Gasteiger partial charge < -0.3 is 29.9 Å². The largest absolute Gasteiger partial charge is 0.508 e. The van der Waals surface area contributed by atoms with E-state index in [1.807, 2.05) is 6.07 Å². The minimum Gasteiger partial charge on any atom is -0.508 e. The highest BCUT2D eigenvalue weighted by Crippen LogP contribution is 2.29. The molecule has 1 fully saturated rings.